The fraction of sp³-hybridized carbons (Fsp3) is 0.400. The molecule has 2 rings (SSSR count). The number of aromatic nitrogens is 1. The molecule has 1 unspecified atom stereocenters. The van der Waals surface area contributed by atoms with Crippen molar-refractivity contribution in [3.05, 3.63) is 23.2 Å². The standard InChI is InChI=1S/C15H16ClN3O2S/c1-9(2)15(3,8-17)19-13(20)7-22-14-18-11-6-10(16)4-5-12(11)21-14/h4-6,9H,7H2,1-3H3,(H,19,20). The second-order valence-electron chi connectivity index (χ2n) is 5.40. The molecule has 1 N–H and O–H groups in total. The summed E-state index contributed by atoms with van der Waals surface area (Å²) in [6, 6.07) is 7.30. The van der Waals surface area contributed by atoms with Gasteiger partial charge in [-0.1, -0.05) is 37.2 Å². The monoisotopic (exact) mass is 337 g/mol. The average molecular weight is 338 g/mol. The molecule has 7 heteroatoms. The van der Waals surface area contributed by atoms with E-state index in [2.05, 4.69) is 16.4 Å². The summed E-state index contributed by atoms with van der Waals surface area (Å²) in [5, 5.41) is 12.9. The summed E-state index contributed by atoms with van der Waals surface area (Å²) in [6.45, 7) is 5.49. The molecule has 2 aromatic rings. The van der Waals surface area contributed by atoms with Crippen LogP contribution in [0, 0.1) is 17.2 Å². The van der Waals surface area contributed by atoms with Crippen molar-refractivity contribution in [3.63, 3.8) is 0 Å². The second kappa shape index (κ2) is 6.59. The normalized spacial score (nSPS) is 13.8. The molecule has 0 radical (unpaired) electrons. The Hall–Kier alpha value is -1.71. The first kappa shape index (κ1) is 16.7. The fourth-order valence-electron chi connectivity index (χ4n) is 1.70. The number of nitrogens with one attached hydrogen (secondary N) is 1. The number of amides is 1. The van der Waals surface area contributed by atoms with E-state index < -0.39 is 5.54 Å². The van der Waals surface area contributed by atoms with Crippen molar-refractivity contribution in [1.29, 1.82) is 5.26 Å². The number of rotatable bonds is 5. The van der Waals surface area contributed by atoms with E-state index in [4.69, 9.17) is 16.0 Å². The maximum absolute atomic E-state index is 12.0. The van der Waals surface area contributed by atoms with Gasteiger partial charge in [-0.15, -0.1) is 0 Å². The van der Waals surface area contributed by atoms with Crippen LogP contribution in [-0.2, 0) is 4.79 Å². The third-order valence-electron chi connectivity index (χ3n) is 3.44. The molecule has 0 spiro atoms. The quantitative estimate of drug-likeness (QED) is 0.843. The number of hydrogen-bond acceptors (Lipinski definition) is 5. The van der Waals surface area contributed by atoms with Crippen LogP contribution in [0.1, 0.15) is 20.8 Å². The lowest BCUT2D eigenvalue weighted by Gasteiger charge is -2.27. The summed E-state index contributed by atoms with van der Waals surface area (Å²) in [6.07, 6.45) is 0. The number of benzene rings is 1. The minimum absolute atomic E-state index is 0.0120. The van der Waals surface area contributed by atoms with E-state index in [1.54, 1.807) is 25.1 Å². The van der Waals surface area contributed by atoms with E-state index in [0.717, 1.165) is 0 Å². The number of halogens is 1. The van der Waals surface area contributed by atoms with Gasteiger partial charge < -0.3 is 9.73 Å². The maximum atomic E-state index is 12.0. The van der Waals surface area contributed by atoms with Crippen molar-refractivity contribution in [2.24, 2.45) is 5.92 Å². The zero-order chi connectivity index (χ0) is 16.3. The van der Waals surface area contributed by atoms with Gasteiger partial charge in [0.2, 0.25) is 5.91 Å². The van der Waals surface area contributed by atoms with Crippen molar-refractivity contribution in [2.45, 2.75) is 31.5 Å². The number of thioether (sulfide) groups is 1. The van der Waals surface area contributed by atoms with Crippen molar-refractivity contribution >= 4 is 40.4 Å². The molecular formula is C15H16ClN3O2S. The molecule has 1 atom stereocenters. The Labute approximate surface area is 138 Å². The number of carbonyl (C=O) groups excluding carboxylic acids is 1. The van der Waals surface area contributed by atoms with E-state index in [9.17, 15) is 10.1 Å². The van der Waals surface area contributed by atoms with Gasteiger partial charge in [-0.2, -0.15) is 5.26 Å². The molecule has 22 heavy (non-hydrogen) atoms. The number of nitriles is 1. The first-order chi connectivity index (χ1) is 10.3. The second-order valence-corrected chi connectivity index (χ2v) is 6.76. The van der Waals surface area contributed by atoms with Crippen molar-refractivity contribution < 1.29 is 9.21 Å². The van der Waals surface area contributed by atoms with Crippen molar-refractivity contribution in [1.82, 2.24) is 10.3 Å². The summed E-state index contributed by atoms with van der Waals surface area (Å²) < 4.78 is 5.53. The van der Waals surface area contributed by atoms with Crippen molar-refractivity contribution in [2.75, 3.05) is 5.75 Å². The van der Waals surface area contributed by atoms with Gasteiger partial charge in [-0.05, 0) is 31.0 Å². The van der Waals surface area contributed by atoms with Crippen LogP contribution in [-0.4, -0.2) is 22.2 Å². The summed E-state index contributed by atoms with van der Waals surface area (Å²) in [5.74, 6) is -0.0918. The van der Waals surface area contributed by atoms with Gasteiger partial charge in [0.1, 0.15) is 11.1 Å². The fourth-order valence-corrected chi connectivity index (χ4v) is 2.50. The largest absolute Gasteiger partial charge is 0.431 e. The minimum atomic E-state index is -0.882. The molecule has 1 heterocycles. The summed E-state index contributed by atoms with van der Waals surface area (Å²) in [4.78, 5) is 16.3. The number of carbonyl (C=O) groups is 1. The van der Waals surface area contributed by atoms with Crippen LogP contribution in [0.3, 0.4) is 0 Å². The molecule has 0 fully saturated rings. The Bertz CT molecular complexity index is 738. The van der Waals surface area contributed by atoms with Crippen LogP contribution in [0.2, 0.25) is 5.02 Å². The molecule has 1 aromatic heterocycles. The minimum Gasteiger partial charge on any atom is -0.431 e. The van der Waals surface area contributed by atoms with Gasteiger partial charge in [-0.3, -0.25) is 4.79 Å². The summed E-state index contributed by atoms with van der Waals surface area (Å²) in [5.41, 5.74) is 0.391. The van der Waals surface area contributed by atoms with Gasteiger partial charge in [0, 0.05) is 5.02 Å². The number of hydrogen-bond donors (Lipinski definition) is 1. The summed E-state index contributed by atoms with van der Waals surface area (Å²) >= 11 is 7.07. The Morgan fingerprint density at radius 2 is 2.32 bits per heavy atom. The number of nitrogens with zero attached hydrogens (tertiary/aromatic N) is 2. The van der Waals surface area contributed by atoms with Crippen LogP contribution in [0.4, 0.5) is 0 Å². The van der Waals surface area contributed by atoms with Gasteiger partial charge in [-0.25, -0.2) is 4.98 Å². The highest BCUT2D eigenvalue weighted by Gasteiger charge is 2.29. The van der Waals surface area contributed by atoms with Gasteiger partial charge >= 0.3 is 0 Å². The highest BCUT2D eigenvalue weighted by atomic mass is 35.5. The molecular weight excluding hydrogens is 322 g/mol. The maximum Gasteiger partial charge on any atom is 0.257 e. The Morgan fingerprint density at radius 1 is 1.59 bits per heavy atom. The molecule has 0 aliphatic heterocycles. The van der Waals surface area contributed by atoms with Crippen LogP contribution in [0.5, 0.6) is 0 Å². The van der Waals surface area contributed by atoms with Gasteiger partial charge in [0.15, 0.2) is 5.58 Å². The Balaban J connectivity index is 1.99. The molecule has 0 bridgehead atoms. The van der Waals surface area contributed by atoms with Crippen LogP contribution >= 0.6 is 23.4 Å². The van der Waals surface area contributed by atoms with E-state index >= 15 is 0 Å². The van der Waals surface area contributed by atoms with Crippen LogP contribution in [0.15, 0.2) is 27.8 Å². The van der Waals surface area contributed by atoms with E-state index in [-0.39, 0.29) is 17.6 Å². The molecule has 0 aliphatic carbocycles. The van der Waals surface area contributed by atoms with E-state index in [1.807, 2.05) is 13.8 Å². The summed E-state index contributed by atoms with van der Waals surface area (Å²) in [7, 11) is 0. The Kier molecular flexibility index (Phi) is 4.99. The van der Waals surface area contributed by atoms with Gasteiger partial charge in [0.05, 0.1) is 11.8 Å². The number of oxazole rings is 1. The molecule has 116 valence electrons. The van der Waals surface area contributed by atoms with E-state index in [1.165, 1.54) is 11.8 Å². The first-order valence-electron chi connectivity index (χ1n) is 6.75. The van der Waals surface area contributed by atoms with E-state index in [0.29, 0.717) is 21.3 Å². The molecule has 0 aliphatic rings. The first-order valence-corrected chi connectivity index (χ1v) is 8.11. The topological polar surface area (TPSA) is 78.9 Å². The third kappa shape index (κ3) is 3.73. The highest BCUT2D eigenvalue weighted by molar-refractivity contribution is 7.99. The Morgan fingerprint density at radius 3 is 2.95 bits per heavy atom. The lowest BCUT2D eigenvalue weighted by molar-refractivity contribution is -0.120. The lowest BCUT2D eigenvalue weighted by atomic mass is 9.90. The molecule has 1 amide bonds. The molecule has 0 saturated carbocycles. The SMILES string of the molecule is CC(C)C(C)(C#N)NC(=O)CSc1nc2cc(Cl)ccc2o1. The average Bonchev–Trinajstić information content (AvgIpc) is 2.86. The zero-order valence-corrected chi connectivity index (χ0v) is 14.1. The van der Waals surface area contributed by atoms with Gasteiger partial charge in [0.25, 0.3) is 5.22 Å². The highest BCUT2D eigenvalue weighted by Crippen LogP contribution is 2.25. The third-order valence-corrected chi connectivity index (χ3v) is 4.51. The van der Waals surface area contributed by atoms with Crippen LogP contribution in [0.25, 0.3) is 11.1 Å². The smallest absolute Gasteiger partial charge is 0.257 e. The van der Waals surface area contributed by atoms with Crippen LogP contribution < -0.4 is 5.32 Å². The molecule has 0 saturated heterocycles. The molecule has 5 nitrogen and oxygen atoms in total. The predicted octanol–water partition coefficient (Wildman–Crippen LogP) is 3.63. The lowest BCUT2D eigenvalue weighted by Crippen LogP contribution is -2.49. The number of fused-ring (bicyclic) bond motifs is 1. The van der Waals surface area contributed by atoms with Crippen molar-refractivity contribution in [3.8, 4) is 6.07 Å². The molecule has 1 aromatic carbocycles. The predicted molar refractivity (Wildman–Crippen MR) is 86.7 cm³/mol. The zero-order valence-electron chi connectivity index (χ0n) is 12.5.